The fourth-order valence-corrected chi connectivity index (χ4v) is 4.17. The van der Waals surface area contributed by atoms with Crippen molar-refractivity contribution in [2.45, 2.75) is 58.2 Å². The predicted molar refractivity (Wildman–Crippen MR) is 93.5 cm³/mol. The molecule has 1 aliphatic heterocycles. The van der Waals surface area contributed by atoms with Gasteiger partial charge in [-0.1, -0.05) is 6.08 Å². The van der Waals surface area contributed by atoms with Gasteiger partial charge in [0, 0.05) is 57.2 Å². The van der Waals surface area contributed by atoms with Crippen molar-refractivity contribution in [3.8, 4) is 0 Å². The van der Waals surface area contributed by atoms with Crippen molar-refractivity contribution in [3.05, 3.63) is 29.6 Å². The van der Waals surface area contributed by atoms with Gasteiger partial charge in [0.05, 0.1) is 18.1 Å². The van der Waals surface area contributed by atoms with Crippen LogP contribution in [0, 0.1) is 25.2 Å². The van der Waals surface area contributed by atoms with E-state index in [1.807, 2.05) is 20.8 Å². The van der Waals surface area contributed by atoms with Crippen molar-refractivity contribution in [2.24, 2.45) is 5.92 Å². The van der Waals surface area contributed by atoms with Gasteiger partial charge in [0.2, 0.25) is 0 Å². The molecule has 2 radical (unpaired) electrons. The van der Waals surface area contributed by atoms with E-state index in [0.29, 0.717) is 17.9 Å². The van der Waals surface area contributed by atoms with Crippen molar-refractivity contribution < 1.29 is 61.0 Å². The molecule has 1 saturated heterocycles. The second-order valence-electron chi connectivity index (χ2n) is 6.83. The van der Waals surface area contributed by atoms with Crippen LogP contribution in [-0.2, 0) is 62.7 Å². The summed E-state index contributed by atoms with van der Waals surface area (Å²) in [5.41, 5.74) is 0.681. The van der Waals surface area contributed by atoms with Crippen LogP contribution in [0.3, 0.4) is 0 Å². The van der Waals surface area contributed by atoms with E-state index in [0.717, 1.165) is 5.41 Å². The second-order valence-corrected chi connectivity index (χ2v) is 8.32. The van der Waals surface area contributed by atoms with E-state index >= 15 is 0 Å². The van der Waals surface area contributed by atoms with Crippen LogP contribution in [-0.4, -0.2) is 49.0 Å². The molecule has 1 N–H and O–H groups in total. The first kappa shape index (κ1) is 25.7. The Morgan fingerprint density at radius 1 is 1.29 bits per heavy atom. The average molecular weight is 587 g/mol. The summed E-state index contributed by atoms with van der Waals surface area (Å²) in [6.45, 7) is 7.22. The third-order valence-electron chi connectivity index (χ3n) is 4.28. The Morgan fingerprint density at radius 2 is 1.96 bits per heavy atom. The maximum atomic E-state index is 11.8. The van der Waals surface area contributed by atoms with E-state index in [-0.39, 0.29) is 69.7 Å². The number of nitrogens with zero attached hydrogens (tertiary/aromatic N) is 2. The molecule has 1 aromatic heterocycles. The summed E-state index contributed by atoms with van der Waals surface area (Å²) in [5, 5.41) is 4.39. The van der Waals surface area contributed by atoms with E-state index in [1.54, 1.807) is 13.0 Å². The molecule has 1 saturated carbocycles. The number of hydrogen-bond donors (Lipinski definition) is 1. The molecule has 2 heterocycles. The van der Waals surface area contributed by atoms with Crippen molar-refractivity contribution in [1.29, 1.82) is 0 Å². The van der Waals surface area contributed by atoms with Gasteiger partial charge in [-0.25, -0.2) is 0 Å². The van der Waals surface area contributed by atoms with Crippen LogP contribution in [0.4, 0.5) is 5.82 Å². The van der Waals surface area contributed by atoms with Crippen LogP contribution in [0.5, 0.6) is 0 Å². The van der Waals surface area contributed by atoms with Crippen LogP contribution in [0.15, 0.2) is 11.5 Å². The summed E-state index contributed by atoms with van der Waals surface area (Å²) < 4.78 is 40.4. The largest absolute Gasteiger partial charge is 0.550 e. The molecule has 0 unspecified atom stereocenters. The number of ether oxygens (including phenoxy) is 2. The maximum absolute atomic E-state index is 11.8. The van der Waals surface area contributed by atoms with Crippen LogP contribution >= 0.6 is 0 Å². The molecule has 0 aromatic carbocycles. The smallest absolute Gasteiger partial charge is 0.289 e. The molecule has 0 bridgehead atoms. The standard InChI is InChI=1S/C17H23N3O5S.2Rh/c1-5-23-26(21,22)7-6-12-9-13(16-15(12)24-17(3,4)25-16)20-14-8-11(2)18-10-19-14;;/h6-7,12-13,15-16H,5,9H2,1-4H3,(H,18,19,20);;/q-2;;/b7-6+;;/t12-,13+,15+,16-;;/m0../s1. The number of anilines is 1. The first-order chi connectivity index (χ1) is 12.2. The van der Waals surface area contributed by atoms with E-state index in [9.17, 15) is 8.42 Å². The molecular weight excluding hydrogens is 564 g/mol. The minimum atomic E-state index is -3.69. The topological polar surface area (TPSA) is 99.6 Å². The fourth-order valence-electron chi connectivity index (χ4n) is 3.37. The van der Waals surface area contributed by atoms with Gasteiger partial charge in [-0.3, -0.25) is 9.88 Å². The molecular formula is C17H23N3O5Rh2S-2. The van der Waals surface area contributed by atoms with Gasteiger partial charge in [-0.05, 0) is 27.2 Å². The Morgan fingerprint density at radius 3 is 2.61 bits per heavy atom. The normalized spacial score (nSPS) is 28.4. The van der Waals surface area contributed by atoms with Gasteiger partial charge in [0.25, 0.3) is 10.1 Å². The van der Waals surface area contributed by atoms with Gasteiger partial charge >= 0.3 is 0 Å². The van der Waals surface area contributed by atoms with Gasteiger partial charge in [-0.2, -0.15) is 14.2 Å². The van der Waals surface area contributed by atoms with E-state index in [4.69, 9.17) is 13.7 Å². The Labute approximate surface area is 191 Å². The van der Waals surface area contributed by atoms with Crippen LogP contribution in [0.2, 0.25) is 0 Å². The summed E-state index contributed by atoms with van der Waals surface area (Å²) in [6, 6.07) is 2.92. The molecule has 0 spiro atoms. The number of fused-ring (bicyclic) bond motifs is 1. The summed E-state index contributed by atoms with van der Waals surface area (Å²) in [7, 11) is -3.69. The Balaban J connectivity index is 0.00000196. The van der Waals surface area contributed by atoms with Crippen molar-refractivity contribution >= 4 is 15.9 Å². The summed E-state index contributed by atoms with van der Waals surface area (Å²) in [6.07, 6.45) is 4.32. The monoisotopic (exact) mass is 587 g/mol. The van der Waals surface area contributed by atoms with Gasteiger partial charge in [0.1, 0.15) is 6.10 Å². The summed E-state index contributed by atoms with van der Waals surface area (Å²) >= 11 is 0. The minimum Gasteiger partial charge on any atom is -0.550 e. The second kappa shape index (κ2) is 10.1. The third-order valence-corrected chi connectivity index (χ3v) is 5.34. The van der Waals surface area contributed by atoms with E-state index < -0.39 is 15.9 Å². The maximum Gasteiger partial charge on any atom is 0.289 e. The molecule has 11 heteroatoms. The van der Waals surface area contributed by atoms with Gasteiger partial charge in [0.15, 0.2) is 5.79 Å². The quantitative estimate of drug-likeness (QED) is 0.305. The van der Waals surface area contributed by atoms with Crippen molar-refractivity contribution in [2.75, 3.05) is 11.9 Å². The van der Waals surface area contributed by atoms with Crippen LogP contribution in [0.1, 0.15) is 32.9 Å². The van der Waals surface area contributed by atoms with Crippen molar-refractivity contribution in [1.82, 2.24) is 9.97 Å². The van der Waals surface area contributed by atoms with Crippen LogP contribution < -0.4 is 5.32 Å². The Kier molecular flexibility index (Phi) is 9.32. The zero-order valence-electron chi connectivity index (χ0n) is 15.9. The molecule has 28 heavy (non-hydrogen) atoms. The average Bonchev–Trinajstić information content (AvgIpc) is 3.00. The first-order valence-electron chi connectivity index (χ1n) is 8.53. The predicted octanol–water partition coefficient (Wildman–Crippen LogP) is 1.58. The van der Waals surface area contributed by atoms with Gasteiger partial charge in [-0.15, -0.1) is 6.92 Å². The Bertz CT molecular complexity index is 791. The number of hydrogen-bond acceptors (Lipinski definition) is 8. The summed E-state index contributed by atoms with van der Waals surface area (Å²) in [5.74, 6) is -0.347. The SMILES string of the molecule is CCOS(=O)(=O)/C=C/[C@H]1C[C@@H](Nc2[c-]c(C)n[c-]n2)[C@@H]2OC(C)(C)O[C@@H]21.[Rh].[Rh]. The first-order valence-corrected chi connectivity index (χ1v) is 10.00. The molecule has 2 aliphatic rings. The molecule has 1 aromatic rings. The zero-order valence-corrected chi connectivity index (χ0v) is 20.0. The molecule has 162 valence electrons. The fraction of sp³-hybridized carbons (Fsp3) is 0.647. The zero-order chi connectivity index (χ0) is 18.9. The van der Waals surface area contributed by atoms with Crippen molar-refractivity contribution in [3.63, 3.8) is 0 Å². The molecule has 1 aliphatic carbocycles. The third kappa shape index (κ3) is 6.35. The number of nitrogens with one attached hydrogen (secondary N) is 1. The molecule has 3 rings (SSSR count). The number of aromatic nitrogens is 2. The number of aryl methyl sites for hydroxylation is 1. The minimum absolute atomic E-state index is 0. The molecule has 4 atom stereocenters. The molecule has 0 amide bonds. The molecule has 2 fully saturated rings. The summed E-state index contributed by atoms with van der Waals surface area (Å²) in [4.78, 5) is 7.97. The molecule has 8 nitrogen and oxygen atoms in total. The Hall–Kier alpha value is -0.303. The van der Waals surface area contributed by atoms with Gasteiger partial charge < -0.3 is 30.8 Å². The van der Waals surface area contributed by atoms with E-state index in [2.05, 4.69) is 27.7 Å². The van der Waals surface area contributed by atoms with Crippen LogP contribution in [0.25, 0.3) is 0 Å². The number of rotatable bonds is 6. The van der Waals surface area contributed by atoms with E-state index in [1.165, 1.54) is 0 Å².